The van der Waals surface area contributed by atoms with E-state index in [2.05, 4.69) is 86.6 Å². The van der Waals surface area contributed by atoms with E-state index < -0.39 is 0 Å². The molecule has 5 heterocycles. The van der Waals surface area contributed by atoms with Gasteiger partial charge in [0.2, 0.25) is 0 Å². The number of pyridine rings is 2. The number of nitrogens with zero attached hydrogens (tertiary/aromatic N) is 6. The van der Waals surface area contributed by atoms with Crippen molar-refractivity contribution in [2.24, 2.45) is 0 Å². The van der Waals surface area contributed by atoms with Gasteiger partial charge in [0.05, 0.1) is 11.0 Å². The lowest BCUT2D eigenvalue weighted by Crippen LogP contribution is -2.01. The van der Waals surface area contributed by atoms with Crippen molar-refractivity contribution in [3.05, 3.63) is 121 Å². The summed E-state index contributed by atoms with van der Waals surface area (Å²) in [4.78, 5) is 22.9. The predicted octanol–water partition coefficient (Wildman–Crippen LogP) is 7.97. The van der Waals surface area contributed by atoms with Crippen molar-refractivity contribution in [3.8, 4) is 39.9 Å². The van der Waals surface area contributed by atoms with Gasteiger partial charge in [-0.2, -0.15) is 0 Å². The zero-order chi connectivity index (χ0) is 26.5. The second-order valence-corrected chi connectivity index (χ2v) is 10.4. The fourth-order valence-electron chi connectivity index (χ4n) is 5.31. The minimum absolute atomic E-state index is 0.599. The first-order chi connectivity index (χ1) is 19.8. The van der Waals surface area contributed by atoms with Crippen LogP contribution in [0.15, 0.2) is 121 Å². The topological polar surface area (TPSA) is 69.4 Å². The van der Waals surface area contributed by atoms with Gasteiger partial charge in [0, 0.05) is 62.6 Å². The molecule has 3 aromatic carbocycles. The molecule has 0 atom stereocenters. The molecule has 5 aromatic heterocycles. The monoisotopic (exact) mass is 532 g/mol. The molecule has 40 heavy (non-hydrogen) atoms. The summed E-state index contributed by atoms with van der Waals surface area (Å²) in [5.41, 5.74) is 6.07. The molecular formula is C33H20N6S. The quantitative estimate of drug-likeness (QED) is 0.230. The average molecular weight is 533 g/mol. The molecular weight excluding hydrogens is 512 g/mol. The summed E-state index contributed by atoms with van der Waals surface area (Å²) in [5.74, 6) is 1.81. The number of aromatic nitrogens is 6. The van der Waals surface area contributed by atoms with Gasteiger partial charge in [0.1, 0.15) is 0 Å². The van der Waals surface area contributed by atoms with Gasteiger partial charge in [-0.3, -0.25) is 9.97 Å². The van der Waals surface area contributed by atoms with E-state index in [1.807, 2.05) is 24.3 Å². The van der Waals surface area contributed by atoms with Crippen molar-refractivity contribution in [1.82, 2.24) is 29.5 Å². The summed E-state index contributed by atoms with van der Waals surface area (Å²) in [7, 11) is 0. The molecule has 0 aliphatic carbocycles. The fourth-order valence-corrected chi connectivity index (χ4v) is 6.26. The van der Waals surface area contributed by atoms with Crippen LogP contribution in [-0.2, 0) is 0 Å². The fraction of sp³-hybridized carbons (Fsp3) is 0. The van der Waals surface area contributed by atoms with E-state index in [4.69, 9.17) is 15.0 Å². The van der Waals surface area contributed by atoms with Crippen LogP contribution in [0, 0.1) is 0 Å². The van der Waals surface area contributed by atoms with E-state index >= 15 is 0 Å². The Bertz CT molecular complexity index is 2110. The zero-order valence-corrected chi connectivity index (χ0v) is 22.0. The van der Waals surface area contributed by atoms with E-state index in [1.165, 1.54) is 31.9 Å². The Morgan fingerprint density at radius 2 is 1.23 bits per heavy atom. The summed E-state index contributed by atoms with van der Waals surface area (Å²) in [5, 5.41) is 5.97. The number of thiophene rings is 1. The number of fused-ring (bicyclic) bond motifs is 5. The lowest BCUT2D eigenvalue weighted by Gasteiger charge is -2.11. The standard InChI is InChI=1S/C33H20N6S/c1-2-7-27-26(6-1)29-28(9-8-21-14-19-40-30(21)29)39(27)25-5-3-4-24(20-25)33-37-31(22-10-15-34-16-11-22)36-32(38-33)23-12-17-35-18-13-23/h1-20H. The SMILES string of the molecule is c1cc(-c2nc(-c3ccncc3)nc(-c3ccncc3)n2)cc(-n2c3ccccc3c3c4sccc4ccc32)c1. The van der Waals surface area contributed by atoms with Crippen LogP contribution < -0.4 is 0 Å². The Morgan fingerprint density at radius 1 is 0.550 bits per heavy atom. The van der Waals surface area contributed by atoms with Crippen molar-refractivity contribution in [2.75, 3.05) is 0 Å². The third-order valence-corrected chi connectivity index (χ3v) is 8.08. The summed E-state index contributed by atoms with van der Waals surface area (Å²) >= 11 is 1.79. The van der Waals surface area contributed by atoms with Gasteiger partial charge in [-0.1, -0.05) is 36.4 Å². The third kappa shape index (κ3) is 3.67. The summed E-state index contributed by atoms with van der Waals surface area (Å²) in [6.45, 7) is 0. The van der Waals surface area contributed by atoms with E-state index in [1.54, 1.807) is 36.1 Å². The number of rotatable bonds is 4. The highest BCUT2D eigenvalue weighted by Gasteiger charge is 2.17. The number of hydrogen-bond donors (Lipinski definition) is 0. The summed E-state index contributed by atoms with van der Waals surface area (Å²) < 4.78 is 3.65. The Hall–Kier alpha value is -5.27. The van der Waals surface area contributed by atoms with Crippen molar-refractivity contribution in [1.29, 1.82) is 0 Å². The average Bonchev–Trinajstić information content (AvgIpc) is 3.64. The van der Waals surface area contributed by atoms with Crippen LogP contribution in [0.1, 0.15) is 0 Å². The highest BCUT2D eigenvalue weighted by molar-refractivity contribution is 7.18. The zero-order valence-electron chi connectivity index (χ0n) is 21.1. The van der Waals surface area contributed by atoms with Crippen LogP contribution in [0.2, 0.25) is 0 Å². The summed E-state index contributed by atoms with van der Waals surface area (Å²) in [6, 6.07) is 31.3. The number of hydrogen-bond acceptors (Lipinski definition) is 6. The Balaban J connectivity index is 1.35. The normalized spacial score (nSPS) is 11.5. The van der Waals surface area contributed by atoms with Crippen molar-refractivity contribution in [2.45, 2.75) is 0 Å². The van der Waals surface area contributed by atoms with Crippen LogP contribution in [-0.4, -0.2) is 29.5 Å². The van der Waals surface area contributed by atoms with Gasteiger partial charge < -0.3 is 4.57 Å². The molecule has 8 rings (SSSR count). The molecule has 0 aliphatic heterocycles. The summed E-state index contributed by atoms with van der Waals surface area (Å²) in [6.07, 6.45) is 6.99. The van der Waals surface area contributed by atoms with Crippen molar-refractivity contribution < 1.29 is 0 Å². The minimum atomic E-state index is 0.599. The van der Waals surface area contributed by atoms with Crippen LogP contribution in [0.5, 0.6) is 0 Å². The molecule has 0 saturated heterocycles. The maximum atomic E-state index is 4.91. The van der Waals surface area contributed by atoms with Gasteiger partial charge in [-0.15, -0.1) is 11.3 Å². The lowest BCUT2D eigenvalue weighted by atomic mass is 10.1. The third-order valence-electron chi connectivity index (χ3n) is 7.13. The van der Waals surface area contributed by atoms with Gasteiger partial charge in [0.25, 0.3) is 0 Å². The second-order valence-electron chi connectivity index (χ2n) is 9.48. The molecule has 188 valence electrons. The smallest absolute Gasteiger partial charge is 0.164 e. The molecule has 0 unspecified atom stereocenters. The molecule has 0 aliphatic rings. The number of benzene rings is 3. The van der Waals surface area contributed by atoms with Gasteiger partial charge in [0.15, 0.2) is 17.5 Å². The molecule has 0 spiro atoms. The molecule has 0 saturated carbocycles. The predicted molar refractivity (Wildman–Crippen MR) is 161 cm³/mol. The van der Waals surface area contributed by atoms with E-state index in [0.29, 0.717) is 17.5 Å². The molecule has 0 amide bonds. The van der Waals surface area contributed by atoms with Crippen LogP contribution >= 0.6 is 11.3 Å². The maximum Gasteiger partial charge on any atom is 0.164 e. The Labute approximate surface area is 233 Å². The molecule has 0 bridgehead atoms. The van der Waals surface area contributed by atoms with Crippen molar-refractivity contribution in [3.63, 3.8) is 0 Å². The van der Waals surface area contributed by atoms with E-state index in [0.717, 1.165) is 22.4 Å². The molecule has 8 aromatic rings. The first-order valence-corrected chi connectivity index (χ1v) is 13.8. The lowest BCUT2D eigenvalue weighted by molar-refractivity contribution is 1.07. The van der Waals surface area contributed by atoms with Gasteiger partial charge in [-0.25, -0.2) is 15.0 Å². The molecule has 7 heteroatoms. The first-order valence-electron chi connectivity index (χ1n) is 12.9. The van der Waals surface area contributed by atoms with Gasteiger partial charge in [-0.05, 0) is 65.4 Å². The highest BCUT2D eigenvalue weighted by atomic mass is 32.1. The van der Waals surface area contributed by atoms with E-state index in [-0.39, 0.29) is 0 Å². The van der Waals surface area contributed by atoms with Crippen molar-refractivity contribution >= 4 is 43.2 Å². The highest BCUT2D eigenvalue weighted by Crippen LogP contribution is 2.39. The van der Waals surface area contributed by atoms with Crippen LogP contribution in [0.3, 0.4) is 0 Å². The molecule has 0 fully saturated rings. The van der Waals surface area contributed by atoms with Gasteiger partial charge >= 0.3 is 0 Å². The van der Waals surface area contributed by atoms with Crippen LogP contribution in [0.4, 0.5) is 0 Å². The molecule has 6 nitrogen and oxygen atoms in total. The second kappa shape index (κ2) is 9.18. The largest absolute Gasteiger partial charge is 0.309 e. The minimum Gasteiger partial charge on any atom is -0.309 e. The Morgan fingerprint density at radius 3 is 1.95 bits per heavy atom. The van der Waals surface area contributed by atoms with Crippen LogP contribution in [0.25, 0.3) is 71.7 Å². The first kappa shape index (κ1) is 22.7. The van der Waals surface area contributed by atoms with E-state index in [9.17, 15) is 0 Å². The molecule has 0 radical (unpaired) electrons. The Kier molecular flexibility index (Phi) is 5.21. The molecule has 0 N–H and O–H groups in total. The number of para-hydroxylation sites is 1. The maximum absolute atomic E-state index is 4.91.